The molecule has 22 heavy (non-hydrogen) atoms. The van der Waals surface area contributed by atoms with Gasteiger partial charge in [-0.1, -0.05) is 0 Å². The average molecular weight is 308 g/mol. The van der Waals surface area contributed by atoms with E-state index < -0.39 is 5.41 Å². The summed E-state index contributed by atoms with van der Waals surface area (Å²) in [6.45, 7) is 9.53. The summed E-state index contributed by atoms with van der Waals surface area (Å²) in [5.41, 5.74) is -0.0587. The third kappa shape index (κ3) is 5.76. The first-order valence-electron chi connectivity index (χ1n) is 7.35. The van der Waals surface area contributed by atoms with E-state index in [1.165, 1.54) is 0 Å². The van der Waals surface area contributed by atoms with Crippen LogP contribution in [0.15, 0.2) is 24.3 Å². The van der Waals surface area contributed by atoms with Gasteiger partial charge in [0, 0.05) is 0 Å². The van der Waals surface area contributed by atoms with Crippen molar-refractivity contribution in [3.05, 3.63) is 29.8 Å². The lowest BCUT2D eigenvalue weighted by atomic mass is 9.97. The molecule has 0 aliphatic carbocycles. The van der Waals surface area contributed by atoms with E-state index in [9.17, 15) is 9.59 Å². The van der Waals surface area contributed by atoms with Crippen LogP contribution in [-0.2, 0) is 14.3 Å². The van der Waals surface area contributed by atoms with Gasteiger partial charge in [0.25, 0.3) is 0 Å². The van der Waals surface area contributed by atoms with Gasteiger partial charge in [0.1, 0.15) is 18.5 Å². The number of ether oxygens (including phenoxy) is 3. The Hall–Kier alpha value is -2.04. The maximum atomic E-state index is 11.7. The molecule has 0 aromatic heterocycles. The Kier molecular flexibility index (Phi) is 6.40. The second-order valence-electron chi connectivity index (χ2n) is 6.02. The topological polar surface area (TPSA) is 61.8 Å². The molecule has 1 aromatic rings. The van der Waals surface area contributed by atoms with E-state index in [0.29, 0.717) is 17.9 Å². The van der Waals surface area contributed by atoms with E-state index in [1.807, 2.05) is 0 Å². The number of carbonyl (C=O) groups is 2. The van der Waals surface area contributed by atoms with Crippen molar-refractivity contribution in [2.24, 2.45) is 5.41 Å². The van der Waals surface area contributed by atoms with Gasteiger partial charge in [0.05, 0.1) is 17.6 Å². The van der Waals surface area contributed by atoms with E-state index in [4.69, 9.17) is 14.2 Å². The van der Waals surface area contributed by atoms with Crippen molar-refractivity contribution >= 4 is 11.9 Å². The monoisotopic (exact) mass is 308 g/mol. The van der Waals surface area contributed by atoms with Gasteiger partial charge in [-0.2, -0.15) is 0 Å². The molecule has 122 valence electrons. The number of benzene rings is 1. The minimum absolute atomic E-state index is 0.251. The van der Waals surface area contributed by atoms with Crippen molar-refractivity contribution in [1.82, 2.24) is 0 Å². The zero-order valence-electron chi connectivity index (χ0n) is 13.8. The third-order valence-electron chi connectivity index (χ3n) is 2.77. The van der Waals surface area contributed by atoms with E-state index in [-0.39, 0.29) is 24.6 Å². The van der Waals surface area contributed by atoms with Gasteiger partial charge in [-0.15, -0.1) is 0 Å². The lowest BCUT2D eigenvalue weighted by Gasteiger charge is -2.21. The lowest BCUT2D eigenvalue weighted by molar-refractivity contribution is -0.159. The molecule has 5 heteroatoms. The van der Waals surface area contributed by atoms with Crippen molar-refractivity contribution in [1.29, 1.82) is 0 Å². The quantitative estimate of drug-likeness (QED) is 0.755. The molecule has 0 saturated carbocycles. The van der Waals surface area contributed by atoms with Gasteiger partial charge >= 0.3 is 11.9 Å². The molecule has 1 aromatic carbocycles. The Morgan fingerprint density at radius 1 is 1.14 bits per heavy atom. The van der Waals surface area contributed by atoms with Crippen LogP contribution in [0.1, 0.15) is 45.0 Å². The molecule has 0 amide bonds. The highest BCUT2D eigenvalue weighted by Gasteiger charge is 2.25. The van der Waals surface area contributed by atoms with Crippen LogP contribution in [0.5, 0.6) is 5.75 Å². The Labute approximate surface area is 131 Å². The molecule has 0 aliphatic rings. The highest BCUT2D eigenvalue weighted by molar-refractivity contribution is 5.89. The van der Waals surface area contributed by atoms with Crippen LogP contribution in [0, 0.1) is 5.41 Å². The van der Waals surface area contributed by atoms with Crippen LogP contribution in [0.4, 0.5) is 0 Å². The van der Waals surface area contributed by atoms with E-state index in [2.05, 4.69) is 0 Å². The average Bonchev–Trinajstić information content (AvgIpc) is 2.45. The SMILES string of the molecule is CCOC(=O)c1ccc(OCC(C)OC(=O)C(C)(C)C)cc1. The van der Waals surface area contributed by atoms with Crippen LogP contribution >= 0.6 is 0 Å². The molecule has 1 unspecified atom stereocenters. The Morgan fingerprint density at radius 2 is 1.73 bits per heavy atom. The predicted molar refractivity (Wildman–Crippen MR) is 82.9 cm³/mol. The number of esters is 2. The Bertz CT molecular complexity index is 499. The van der Waals surface area contributed by atoms with E-state index >= 15 is 0 Å². The van der Waals surface area contributed by atoms with Crippen LogP contribution in [0.2, 0.25) is 0 Å². The highest BCUT2D eigenvalue weighted by atomic mass is 16.6. The van der Waals surface area contributed by atoms with Crippen molar-refractivity contribution < 1.29 is 23.8 Å². The van der Waals surface area contributed by atoms with Gasteiger partial charge in [-0.05, 0) is 58.9 Å². The van der Waals surface area contributed by atoms with Crippen LogP contribution < -0.4 is 4.74 Å². The summed E-state index contributed by atoms with van der Waals surface area (Å²) in [6.07, 6.45) is -0.351. The van der Waals surface area contributed by atoms with E-state index in [1.54, 1.807) is 58.9 Å². The minimum Gasteiger partial charge on any atom is -0.490 e. The standard InChI is InChI=1S/C17H24O5/c1-6-20-15(18)13-7-9-14(10-8-13)21-11-12(2)22-16(19)17(3,4)5/h7-10,12H,6,11H2,1-5H3. The maximum absolute atomic E-state index is 11.7. The first kappa shape index (κ1) is 18.0. The number of hydrogen-bond acceptors (Lipinski definition) is 5. The van der Waals surface area contributed by atoms with Gasteiger partial charge in [0.2, 0.25) is 0 Å². The molecule has 0 heterocycles. The molecular formula is C17H24O5. The fourth-order valence-corrected chi connectivity index (χ4v) is 1.51. The largest absolute Gasteiger partial charge is 0.490 e. The molecule has 0 bridgehead atoms. The van der Waals surface area contributed by atoms with Crippen LogP contribution in [-0.4, -0.2) is 31.3 Å². The van der Waals surface area contributed by atoms with Crippen molar-refractivity contribution in [2.45, 2.75) is 40.7 Å². The van der Waals surface area contributed by atoms with Crippen molar-refractivity contribution in [3.8, 4) is 5.75 Å². The molecule has 0 spiro atoms. The van der Waals surface area contributed by atoms with Crippen molar-refractivity contribution in [3.63, 3.8) is 0 Å². The van der Waals surface area contributed by atoms with Crippen molar-refractivity contribution in [2.75, 3.05) is 13.2 Å². The summed E-state index contributed by atoms with van der Waals surface area (Å²) in [5.74, 6) is -0.0190. The molecule has 0 radical (unpaired) electrons. The van der Waals surface area contributed by atoms with Gasteiger partial charge in [-0.3, -0.25) is 4.79 Å². The molecular weight excluding hydrogens is 284 g/mol. The minimum atomic E-state index is -0.532. The molecule has 0 fully saturated rings. The normalized spacial score (nSPS) is 12.4. The van der Waals surface area contributed by atoms with Crippen LogP contribution in [0.3, 0.4) is 0 Å². The van der Waals surface area contributed by atoms with Crippen LogP contribution in [0.25, 0.3) is 0 Å². The summed E-state index contributed by atoms with van der Waals surface area (Å²) >= 11 is 0. The number of rotatable bonds is 6. The zero-order chi connectivity index (χ0) is 16.8. The van der Waals surface area contributed by atoms with Gasteiger partial charge < -0.3 is 14.2 Å². The number of carbonyl (C=O) groups excluding carboxylic acids is 2. The molecule has 1 atom stereocenters. The lowest BCUT2D eigenvalue weighted by Crippen LogP contribution is -2.29. The summed E-state index contributed by atoms with van der Waals surface area (Å²) in [6, 6.07) is 6.65. The molecule has 0 N–H and O–H groups in total. The van der Waals surface area contributed by atoms with Gasteiger partial charge in [0.15, 0.2) is 0 Å². The third-order valence-corrected chi connectivity index (χ3v) is 2.77. The summed E-state index contributed by atoms with van der Waals surface area (Å²) in [7, 11) is 0. The number of hydrogen-bond donors (Lipinski definition) is 0. The zero-order valence-corrected chi connectivity index (χ0v) is 13.8. The second kappa shape index (κ2) is 7.82. The fourth-order valence-electron chi connectivity index (χ4n) is 1.51. The molecule has 5 nitrogen and oxygen atoms in total. The molecule has 0 aliphatic heterocycles. The highest BCUT2D eigenvalue weighted by Crippen LogP contribution is 2.17. The van der Waals surface area contributed by atoms with E-state index in [0.717, 1.165) is 0 Å². The smallest absolute Gasteiger partial charge is 0.338 e. The molecule has 0 saturated heterocycles. The predicted octanol–water partition coefficient (Wildman–Crippen LogP) is 3.22. The second-order valence-corrected chi connectivity index (χ2v) is 6.02. The van der Waals surface area contributed by atoms with Gasteiger partial charge in [-0.25, -0.2) is 4.79 Å². The first-order chi connectivity index (χ1) is 10.2. The Balaban J connectivity index is 2.48. The Morgan fingerprint density at radius 3 is 2.23 bits per heavy atom. The summed E-state index contributed by atoms with van der Waals surface area (Å²) in [4.78, 5) is 23.3. The molecule has 1 rings (SSSR count). The first-order valence-corrected chi connectivity index (χ1v) is 7.35. The maximum Gasteiger partial charge on any atom is 0.338 e. The summed E-state index contributed by atoms with van der Waals surface area (Å²) < 4.78 is 15.7. The fraction of sp³-hybridized carbons (Fsp3) is 0.529. The summed E-state index contributed by atoms with van der Waals surface area (Å²) in [5, 5.41) is 0.